The number of carbonyl (C=O) groups is 1. The molecule has 1 amide bonds. The third-order valence-electron chi connectivity index (χ3n) is 3.18. The molecular weight excluding hydrogens is 316 g/mol. The summed E-state index contributed by atoms with van der Waals surface area (Å²) in [6.07, 6.45) is 0.226. The van der Waals surface area contributed by atoms with Gasteiger partial charge in [0.05, 0.1) is 17.1 Å². The van der Waals surface area contributed by atoms with Gasteiger partial charge >= 0.3 is 0 Å². The average molecular weight is 334 g/mol. The Morgan fingerprint density at radius 1 is 1.27 bits per heavy atom. The second-order valence-electron chi connectivity index (χ2n) is 4.91. The van der Waals surface area contributed by atoms with Crippen molar-refractivity contribution in [2.24, 2.45) is 0 Å². The molecule has 0 aliphatic carbocycles. The van der Waals surface area contributed by atoms with Gasteiger partial charge in [-0.1, -0.05) is 12.1 Å². The first-order chi connectivity index (χ1) is 10.5. The van der Waals surface area contributed by atoms with Crippen molar-refractivity contribution >= 4 is 40.3 Å². The van der Waals surface area contributed by atoms with Gasteiger partial charge in [-0.2, -0.15) is 0 Å². The Labute approximate surface area is 139 Å². The number of benzene rings is 1. The highest BCUT2D eigenvalue weighted by Crippen LogP contribution is 2.17. The summed E-state index contributed by atoms with van der Waals surface area (Å²) in [6, 6.07) is 5.93. The van der Waals surface area contributed by atoms with E-state index in [1.807, 2.05) is 44.4 Å². The highest BCUT2D eigenvalue weighted by Gasteiger charge is 2.07. The van der Waals surface area contributed by atoms with Gasteiger partial charge in [0, 0.05) is 11.1 Å². The van der Waals surface area contributed by atoms with Crippen LogP contribution in [0.3, 0.4) is 0 Å². The van der Waals surface area contributed by atoms with Crippen LogP contribution in [0.25, 0.3) is 0 Å². The van der Waals surface area contributed by atoms with E-state index in [1.54, 1.807) is 0 Å². The molecule has 116 valence electrons. The summed E-state index contributed by atoms with van der Waals surface area (Å²) >= 11 is 6.70. The zero-order valence-corrected chi connectivity index (χ0v) is 14.3. The van der Waals surface area contributed by atoms with E-state index in [2.05, 4.69) is 21.2 Å². The van der Waals surface area contributed by atoms with Crippen LogP contribution in [0.4, 0.5) is 5.69 Å². The van der Waals surface area contributed by atoms with E-state index in [0.717, 1.165) is 22.0 Å². The van der Waals surface area contributed by atoms with E-state index in [-0.39, 0.29) is 12.3 Å². The van der Waals surface area contributed by atoms with Gasteiger partial charge in [-0.25, -0.2) is 4.98 Å². The predicted molar refractivity (Wildman–Crippen MR) is 94.0 cm³/mol. The Hall–Kier alpha value is -1.99. The van der Waals surface area contributed by atoms with Crippen molar-refractivity contribution in [2.75, 3.05) is 5.32 Å². The number of thiazole rings is 1. The van der Waals surface area contributed by atoms with E-state index in [0.29, 0.717) is 5.11 Å². The maximum Gasteiger partial charge on any atom is 0.244 e. The maximum absolute atomic E-state index is 11.8. The quantitative estimate of drug-likeness (QED) is 0.595. The van der Waals surface area contributed by atoms with Gasteiger partial charge in [0.1, 0.15) is 0 Å². The molecular formula is C15H18N4OS2. The molecule has 0 saturated carbocycles. The van der Waals surface area contributed by atoms with Crippen molar-refractivity contribution in [3.63, 3.8) is 0 Å². The first-order valence-corrected chi connectivity index (χ1v) is 8.07. The van der Waals surface area contributed by atoms with Gasteiger partial charge in [-0.15, -0.1) is 11.3 Å². The molecule has 0 radical (unpaired) electrons. The number of hydrazine groups is 1. The first-order valence-electron chi connectivity index (χ1n) is 6.79. The number of rotatable bonds is 3. The Balaban J connectivity index is 1.82. The van der Waals surface area contributed by atoms with Gasteiger partial charge < -0.3 is 5.32 Å². The molecule has 0 unspecified atom stereocenters. The number of anilines is 1. The fourth-order valence-corrected chi connectivity index (χ4v) is 2.64. The molecule has 22 heavy (non-hydrogen) atoms. The number of nitrogens with zero attached hydrogens (tertiary/aromatic N) is 1. The second-order valence-corrected chi connectivity index (χ2v) is 6.38. The van der Waals surface area contributed by atoms with E-state index >= 15 is 0 Å². The molecule has 0 bridgehead atoms. The molecule has 1 aromatic heterocycles. The molecule has 0 aliphatic rings. The summed E-state index contributed by atoms with van der Waals surface area (Å²) in [7, 11) is 0. The van der Waals surface area contributed by atoms with E-state index < -0.39 is 0 Å². The van der Waals surface area contributed by atoms with Gasteiger partial charge in [-0.05, 0) is 50.2 Å². The minimum Gasteiger partial charge on any atom is -0.331 e. The van der Waals surface area contributed by atoms with Crippen LogP contribution in [-0.2, 0) is 11.2 Å². The number of aryl methyl sites for hydroxylation is 2. The van der Waals surface area contributed by atoms with Crippen LogP contribution in [0, 0.1) is 20.8 Å². The zero-order valence-electron chi connectivity index (χ0n) is 12.7. The number of hydrogen-bond acceptors (Lipinski definition) is 4. The largest absolute Gasteiger partial charge is 0.331 e. The molecule has 2 rings (SSSR count). The minimum absolute atomic E-state index is 0.185. The predicted octanol–water partition coefficient (Wildman–Crippen LogP) is 2.63. The zero-order chi connectivity index (χ0) is 16.1. The lowest BCUT2D eigenvalue weighted by Crippen LogP contribution is -2.44. The van der Waals surface area contributed by atoms with Crippen molar-refractivity contribution in [1.29, 1.82) is 0 Å². The Kier molecular flexibility index (Phi) is 5.46. The number of carbonyl (C=O) groups excluding carboxylic acids is 1. The molecule has 3 N–H and O–H groups in total. The van der Waals surface area contributed by atoms with Crippen molar-refractivity contribution in [2.45, 2.75) is 27.2 Å². The van der Waals surface area contributed by atoms with Crippen LogP contribution >= 0.6 is 23.6 Å². The summed E-state index contributed by atoms with van der Waals surface area (Å²) in [5, 5.41) is 6.23. The van der Waals surface area contributed by atoms with Crippen LogP contribution in [0.1, 0.15) is 21.8 Å². The van der Waals surface area contributed by atoms with Crippen molar-refractivity contribution in [3.8, 4) is 0 Å². The van der Waals surface area contributed by atoms with Crippen LogP contribution in [0.5, 0.6) is 0 Å². The Bertz CT molecular complexity index is 697. The van der Waals surface area contributed by atoms with Crippen molar-refractivity contribution < 1.29 is 4.79 Å². The first kappa shape index (κ1) is 16.4. The summed E-state index contributed by atoms with van der Waals surface area (Å²) in [5.41, 5.74) is 9.24. The lowest BCUT2D eigenvalue weighted by molar-refractivity contribution is -0.121. The molecule has 0 fully saturated rings. The molecule has 7 heteroatoms. The number of aromatic nitrogens is 1. The van der Waals surface area contributed by atoms with Gasteiger partial charge in [0.25, 0.3) is 0 Å². The standard InChI is InChI=1S/C15H18N4OS2/c1-9-5-4-6-13(10(9)2)17-15(21)19-18-14(20)7-12-8-22-11(3)16-12/h4-6,8H,7H2,1-3H3,(H,18,20)(H2,17,19,21). The Morgan fingerprint density at radius 3 is 2.73 bits per heavy atom. The van der Waals surface area contributed by atoms with Gasteiger partial charge in [0.15, 0.2) is 5.11 Å². The third kappa shape index (κ3) is 4.51. The fourth-order valence-electron chi connectivity index (χ4n) is 1.86. The minimum atomic E-state index is -0.185. The summed E-state index contributed by atoms with van der Waals surface area (Å²) in [5.74, 6) is -0.185. The lowest BCUT2D eigenvalue weighted by atomic mass is 10.1. The summed E-state index contributed by atoms with van der Waals surface area (Å²) in [6.45, 7) is 5.96. The monoisotopic (exact) mass is 334 g/mol. The second kappa shape index (κ2) is 7.33. The molecule has 1 aromatic carbocycles. The van der Waals surface area contributed by atoms with E-state index in [9.17, 15) is 4.79 Å². The SMILES string of the molecule is Cc1nc(CC(=O)NNC(=S)Nc2cccc(C)c2C)cs1. The van der Waals surface area contributed by atoms with Crippen LogP contribution in [0.2, 0.25) is 0 Å². The highest BCUT2D eigenvalue weighted by atomic mass is 32.1. The number of hydrogen-bond donors (Lipinski definition) is 3. The molecule has 5 nitrogen and oxygen atoms in total. The topological polar surface area (TPSA) is 66.0 Å². The highest BCUT2D eigenvalue weighted by molar-refractivity contribution is 7.80. The smallest absolute Gasteiger partial charge is 0.244 e. The number of amides is 1. The molecule has 0 aliphatic heterocycles. The lowest BCUT2D eigenvalue weighted by Gasteiger charge is -2.14. The fraction of sp³-hybridized carbons (Fsp3) is 0.267. The van der Waals surface area contributed by atoms with Crippen LogP contribution < -0.4 is 16.2 Å². The normalized spacial score (nSPS) is 10.1. The van der Waals surface area contributed by atoms with Crippen molar-refractivity contribution in [3.05, 3.63) is 45.4 Å². The molecule has 1 heterocycles. The summed E-state index contributed by atoms with van der Waals surface area (Å²) in [4.78, 5) is 16.1. The van der Waals surface area contributed by atoms with E-state index in [4.69, 9.17) is 12.2 Å². The number of thiocarbonyl (C=S) groups is 1. The average Bonchev–Trinajstić information content (AvgIpc) is 2.87. The molecule has 0 spiro atoms. The molecule has 0 atom stereocenters. The maximum atomic E-state index is 11.8. The number of nitrogens with one attached hydrogen (secondary N) is 3. The molecule has 0 saturated heterocycles. The molecule has 2 aromatic rings. The van der Waals surface area contributed by atoms with Crippen molar-refractivity contribution in [1.82, 2.24) is 15.8 Å². The van der Waals surface area contributed by atoms with Gasteiger partial charge in [-0.3, -0.25) is 15.6 Å². The Morgan fingerprint density at radius 2 is 2.05 bits per heavy atom. The van der Waals surface area contributed by atoms with Gasteiger partial charge in [0.2, 0.25) is 5.91 Å². The van der Waals surface area contributed by atoms with Crippen LogP contribution in [0.15, 0.2) is 23.6 Å². The van der Waals surface area contributed by atoms with E-state index in [1.165, 1.54) is 16.9 Å². The van der Waals surface area contributed by atoms with Crippen LogP contribution in [-0.4, -0.2) is 16.0 Å². The summed E-state index contributed by atoms with van der Waals surface area (Å²) < 4.78 is 0. The third-order valence-corrected chi connectivity index (χ3v) is 4.20.